The molecule has 1 N–H and O–H groups in total. The lowest BCUT2D eigenvalue weighted by molar-refractivity contribution is 0.0522. The Morgan fingerprint density at radius 2 is 2.20 bits per heavy atom. The van der Waals surface area contributed by atoms with Crippen LogP contribution in [0.5, 0.6) is 0 Å². The first-order chi connectivity index (χ1) is 7.09. The number of likely N-dealkylation sites (tertiary alicyclic amines) is 1. The van der Waals surface area contributed by atoms with Gasteiger partial charge in [-0.25, -0.2) is 0 Å². The van der Waals surface area contributed by atoms with Gasteiger partial charge in [-0.2, -0.15) is 0 Å². The van der Waals surface area contributed by atoms with Crippen molar-refractivity contribution < 1.29 is 5.11 Å². The molecule has 1 heterocycles. The van der Waals surface area contributed by atoms with Crippen LogP contribution in [0.4, 0.5) is 0 Å². The van der Waals surface area contributed by atoms with Crippen LogP contribution in [-0.2, 0) is 6.42 Å². The molecule has 3 heteroatoms. The standard InChI is InChI=1S/C12H16BrNO/c1-14-7-6-12(15,9-14)8-10-4-2-3-5-11(10)13/h2-5,15H,6-9H2,1H3. The van der Waals surface area contributed by atoms with E-state index in [0.29, 0.717) is 0 Å². The lowest BCUT2D eigenvalue weighted by atomic mass is 9.94. The normalized spacial score (nSPS) is 27.1. The third-order valence-corrected chi connectivity index (χ3v) is 3.77. The molecule has 1 aliphatic rings. The Morgan fingerprint density at radius 1 is 1.47 bits per heavy atom. The molecule has 2 rings (SSSR count). The highest BCUT2D eigenvalue weighted by atomic mass is 79.9. The van der Waals surface area contributed by atoms with Gasteiger partial charge in [0, 0.05) is 24.0 Å². The zero-order chi connectivity index (χ0) is 10.9. The maximum absolute atomic E-state index is 10.4. The Kier molecular flexibility index (Phi) is 3.14. The highest BCUT2D eigenvalue weighted by molar-refractivity contribution is 9.10. The Bertz CT molecular complexity index is 355. The highest BCUT2D eigenvalue weighted by Crippen LogP contribution is 2.27. The number of likely N-dealkylation sites (N-methyl/N-ethyl adjacent to an activating group) is 1. The van der Waals surface area contributed by atoms with E-state index in [1.165, 1.54) is 5.56 Å². The maximum Gasteiger partial charge on any atom is 0.0826 e. The van der Waals surface area contributed by atoms with Gasteiger partial charge in [-0.15, -0.1) is 0 Å². The summed E-state index contributed by atoms with van der Waals surface area (Å²) in [4.78, 5) is 2.18. The monoisotopic (exact) mass is 269 g/mol. The van der Waals surface area contributed by atoms with Gasteiger partial charge >= 0.3 is 0 Å². The van der Waals surface area contributed by atoms with Gasteiger partial charge in [0.05, 0.1) is 5.60 Å². The third kappa shape index (κ3) is 2.60. The molecule has 1 unspecified atom stereocenters. The van der Waals surface area contributed by atoms with Crippen LogP contribution in [-0.4, -0.2) is 35.7 Å². The van der Waals surface area contributed by atoms with E-state index in [9.17, 15) is 5.11 Å². The van der Waals surface area contributed by atoms with Crippen molar-refractivity contribution >= 4 is 15.9 Å². The molecule has 0 aromatic heterocycles. The maximum atomic E-state index is 10.4. The smallest absolute Gasteiger partial charge is 0.0826 e. The second-order valence-corrected chi connectivity index (χ2v) is 5.33. The Balaban J connectivity index is 2.12. The van der Waals surface area contributed by atoms with Crippen molar-refractivity contribution in [2.75, 3.05) is 20.1 Å². The van der Waals surface area contributed by atoms with Crippen LogP contribution in [0.25, 0.3) is 0 Å². The molecule has 82 valence electrons. The zero-order valence-corrected chi connectivity index (χ0v) is 10.5. The summed E-state index contributed by atoms with van der Waals surface area (Å²) in [5.41, 5.74) is 0.647. The second kappa shape index (κ2) is 4.24. The number of β-amino-alcohol motifs (C(OH)–C–C–N with tert-alkyl or cyclic N) is 1. The number of halogens is 1. The summed E-state index contributed by atoms with van der Waals surface area (Å²) in [5, 5.41) is 10.4. The molecule has 1 aromatic carbocycles. The molecule has 0 saturated carbocycles. The van der Waals surface area contributed by atoms with E-state index in [2.05, 4.69) is 33.9 Å². The zero-order valence-electron chi connectivity index (χ0n) is 8.91. The van der Waals surface area contributed by atoms with Crippen LogP contribution in [0, 0.1) is 0 Å². The minimum Gasteiger partial charge on any atom is -0.388 e. The van der Waals surface area contributed by atoms with Crippen molar-refractivity contribution in [1.82, 2.24) is 4.90 Å². The minimum atomic E-state index is -0.543. The Morgan fingerprint density at radius 3 is 2.80 bits per heavy atom. The topological polar surface area (TPSA) is 23.5 Å². The number of benzene rings is 1. The number of hydrogen-bond acceptors (Lipinski definition) is 2. The molecule has 1 aromatic rings. The lowest BCUT2D eigenvalue weighted by Crippen LogP contribution is -2.34. The molecule has 0 amide bonds. The first-order valence-corrected chi connectivity index (χ1v) is 6.03. The van der Waals surface area contributed by atoms with Crippen molar-refractivity contribution in [3.63, 3.8) is 0 Å². The van der Waals surface area contributed by atoms with Gasteiger partial charge in [0.25, 0.3) is 0 Å². The van der Waals surface area contributed by atoms with Crippen LogP contribution in [0.15, 0.2) is 28.7 Å². The van der Waals surface area contributed by atoms with Crippen molar-refractivity contribution in [3.8, 4) is 0 Å². The average Bonchev–Trinajstić information content (AvgIpc) is 2.51. The molecule has 1 aliphatic heterocycles. The van der Waals surface area contributed by atoms with Crippen molar-refractivity contribution in [2.45, 2.75) is 18.4 Å². The van der Waals surface area contributed by atoms with E-state index in [-0.39, 0.29) is 0 Å². The Labute approximate surface area is 99.0 Å². The van der Waals surface area contributed by atoms with E-state index in [1.807, 2.05) is 18.2 Å². The summed E-state index contributed by atoms with van der Waals surface area (Å²) < 4.78 is 1.09. The quantitative estimate of drug-likeness (QED) is 0.889. The van der Waals surface area contributed by atoms with E-state index in [0.717, 1.165) is 30.4 Å². The molecular formula is C12H16BrNO. The minimum absolute atomic E-state index is 0.543. The van der Waals surface area contributed by atoms with Gasteiger partial charge in [0.2, 0.25) is 0 Å². The molecule has 0 aliphatic carbocycles. The average molecular weight is 270 g/mol. The first-order valence-electron chi connectivity index (χ1n) is 5.23. The second-order valence-electron chi connectivity index (χ2n) is 4.48. The molecular weight excluding hydrogens is 254 g/mol. The predicted octanol–water partition coefficient (Wildman–Crippen LogP) is 2.06. The van der Waals surface area contributed by atoms with Gasteiger partial charge < -0.3 is 10.0 Å². The SMILES string of the molecule is CN1CCC(O)(Cc2ccccc2Br)C1. The van der Waals surface area contributed by atoms with E-state index >= 15 is 0 Å². The molecule has 1 saturated heterocycles. The molecule has 1 fully saturated rings. The van der Waals surface area contributed by atoms with E-state index in [4.69, 9.17) is 0 Å². The van der Waals surface area contributed by atoms with Crippen LogP contribution in [0.1, 0.15) is 12.0 Å². The van der Waals surface area contributed by atoms with Crippen molar-refractivity contribution in [1.29, 1.82) is 0 Å². The predicted molar refractivity (Wildman–Crippen MR) is 64.9 cm³/mol. The summed E-state index contributed by atoms with van der Waals surface area (Å²) in [6.07, 6.45) is 1.60. The van der Waals surface area contributed by atoms with Gasteiger partial charge in [0.1, 0.15) is 0 Å². The van der Waals surface area contributed by atoms with E-state index < -0.39 is 5.60 Å². The number of hydrogen-bond donors (Lipinski definition) is 1. The van der Waals surface area contributed by atoms with Crippen molar-refractivity contribution in [2.24, 2.45) is 0 Å². The fraction of sp³-hybridized carbons (Fsp3) is 0.500. The fourth-order valence-electron chi connectivity index (χ4n) is 2.20. The number of rotatable bonds is 2. The van der Waals surface area contributed by atoms with E-state index in [1.54, 1.807) is 0 Å². The van der Waals surface area contributed by atoms with Crippen molar-refractivity contribution in [3.05, 3.63) is 34.3 Å². The Hall–Kier alpha value is -0.380. The van der Waals surface area contributed by atoms with Crippen LogP contribution in [0.3, 0.4) is 0 Å². The van der Waals surface area contributed by atoms with Crippen LogP contribution < -0.4 is 0 Å². The molecule has 1 atom stereocenters. The number of nitrogens with zero attached hydrogens (tertiary/aromatic N) is 1. The van der Waals surface area contributed by atoms with Gasteiger partial charge in [-0.1, -0.05) is 34.1 Å². The summed E-state index contributed by atoms with van der Waals surface area (Å²) in [5.74, 6) is 0. The lowest BCUT2D eigenvalue weighted by Gasteiger charge is -2.23. The van der Waals surface area contributed by atoms with Gasteiger partial charge in [-0.05, 0) is 25.1 Å². The van der Waals surface area contributed by atoms with Gasteiger partial charge in [0.15, 0.2) is 0 Å². The fourth-order valence-corrected chi connectivity index (χ4v) is 2.63. The molecule has 2 nitrogen and oxygen atoms in total. The summed E-state index contributed by atoms with van der Waals surface area (Å²) >= 11 is 3.52. The number of aliphatic hydroxyl groups is 1. The van der Waals surface area contributed by atoms with Crippen LogP contribution >= 0.6 is 15.9 Å². The molecule has 0 spiro atoms. The first kappa shape index (κ1) is 11.1. The molecule has 0 radical (unpaired) electrons. The van der Waals surface area contributed by atoms with Crippen LogP contribution in [0.2, 0.25) is 0 Å². The molecule has 0 bridgehead atoms. The third-order valence-electron chi connectivity index (χ3n) is 3.00. The largest absolute Gasteiger partial charge is 0.388 e. The highest BCUT2D eigenvalue weighted by Gasteiger charge is 2.34. The molecule has 15 heavy (non-hydrogen) atoms. The summed E-state index contributed by atoms with van der Waals surface area (Å²) in [7, 11) is 2.05. The van der Waals surface area contributed by atoms with Gasteiger partial charge in [-0.3, -0.25) is 0 Å². The summed E-state index contributed by atoms with van der Waals surface area (Å²) in [6.45, 7) is 1.76. The summed E-state index contributed by atoms with van der Waals surface area (Å²) in [6, 6.07) is 8.11.